The first kappa shape index (κ1) is 17.2. The van der Waals surface area contributed by atoms with Gasteiger partial charge in [-0.25, -0.2) is 0 Å². The molecular weight excluding hydrogens is 330 g/mol. The number of ether oxygens (including phenoxy) is 1. The third-order valence-corrected chi connectivity index (χ3v) is 5.71. The van der Waals surface area contributed by atoms with E-state index in [2.05, 4.69) is 27.1 Å². The Bertz CT molecular complexity index is 754. The first-order valence-electron chi connectivity index (χ1n) is 9.14. The molecule has 2 aliphatic heterocycles. The van der Waals surface area contributed by atoms with E-state index >= 15 is 0 Å². The van der Waals surface area contributed by atoms with E-state index in [9.17, 15) is 4.79 Å². The molecule has 0 aliphatic carbocycles. The highest BCUT2D eigenvalue weighted by molar-refractivity contribution is 5.92. The second kappa shape index (κ2) is 7.17. The Hall–Kier alpha value is -2.25. The Balaban J connectivity index is 1.40. The average molecular weight is 355 g/mol. The maximum absolute atomic E-state index is 12.7. The average Bonchev–Trinajstić information content (AvgIpc) is 3.08. The number of aryl methyl sites for hydroxylation is 1. The predicted octanol–water partition coefficient (Wildman–Crippen LogP) is 1.49. The maximum atomic E-state index is 12.7. The van der Waals surface area contributed by atoms with Crippen molar-refractivity contribution in [3.8, 4) is 0 Å². The van der Waals surface area contributed by atoms with Gasteiger partial charge in [-0.2, -0.15) is 5.10 Å². The van der Waals surface area contributed by atoms with Crippen molar-refractivity contribution in [3.63, 3.8) is 0 Å². The van der Waals surface area contributed by atoms with E-state index in [0.29, 0.717) is 11.7 Å². The van der Waals surface area contributed by atoms with Gasteiger partial charge in [0.1, 0.15) is 5.69 Å². The first-order valence-corrected chi connectivity index (χ1v) is 9.14. The van der Waals surface area contributed by atoms with Gasteiger partial charge in [-0.05, 0) is 36.6 Å². The molecule has 2 aliphatic rings. The third kappa shape index (κ3) is 3.01. The number of amides is 1. The molecule has 7 heteroatoms. The molecule has 2 fully saturated rings. The lowest BCUT2D eigenvalue weighted by molar-refractivity contribution is -0.115. The van der Waals surface area contributed by atoms with Crippen molar-refractivity contribution in [2.75, 3.05) is 26.7 Å². The number of rotatable bonds is 4. The number of hydrogen-bond donors (Lipinski definition) is 0. The van der Waals surface area contributed by atoms with Crippen LogP contribution in [0.25, 0.3) is 0 Å². The normalized spacial score (nSPS) is 24.5. The zero-order chi connectivity index (χ0) is 18.1. The SMILES string of the molecule is COC1CN(C2CCN(C(=O)c3ccnn3C)CC2)C1c1ccncc1. The zero-order valence-corrected chi connectivity index (χ0v) is 15.3. The van der Waals surface area contributed by atoms with Crippen molar-refractivity contribution in [2.45, 2.75) is 31.0 Å². The molecule has 0 saturated carbocycles. The van der Waals surface area contributed by atoms with Crippen molar-refractivity contribution < 1.29 is 9.53 Å². The lowest BCUT2D eigenvalue weighted by Gasteiger charge is -2.53. The van der Waals surface area contributed by atoms with Crippen LogP contribution in [-0.4, -0.2) is 69.4 Å². The molecular formula is C19H25N5O2. The molecule has 2 saturated heterocycles. The molecule has 7 nitrogen and oxygen atoms in total. The minimum absolute atomic E-state index is 0.0764. The van der Waals surface area contributed by atoms with E-state index in [4.69, 9.17) is 4.74 Å². The van der Waals surface area contributed by atoms with Gasteiger partial charge in [-0.1, -0.05) is 0 Å². The smallest absolute Gasteiger partial charge is 0.272 e. The highest BCUT2D eigenvalue weighted by atomic mass is 16.5. The fourth-order valence-corrected chi connectivity index (χ4v) is 4.19. The number of pyridine rings is 1. The van der Waals surface area contributed by atoms with Crippen molar-refractivity contribution in [1.82, 2.24) is 24.6 Å². The molecule has 4 rings (SSSR count). The lowest BCUT2D eigenvalue weighted by atomic mass is 9.87. The van der Waals surface area contributed by atoms with E-state index in [0.717, 1.165) is 32.5 Å². The molecule has 0 aromatic carbocycles. The van der Waals surface area contributed by atoms with Crippen LogP contribution in [0.2, 0.25) is 0 Å². The summed E-state index contributed by atoms with van der Waals surface area (Å²) in [5.41, 5.74) is 1.91. The van der Waals surface area contributed by atoms with Crippen LogP contribution in [0.1, 0.15) is 34.9 Å². The summed E-state index contributed by atoms with van der Waals surface area (Å²) in [5, 5.41) is 4.10. The van der Waals surface area contributed by atoms with Gasteiger partial charge in [-0.3, -0.25) is 19.4 Å². The second-order valence-corrected chi connectivity index (χ2v) is 7.06. The minimum atomic E-state index is 0.0764. The summed E-state index contributed by atoms with van der Waals surface area (Å²) in [5.74, 6) is 0.0764. The first-order chi connectivity index (χ1) is 12.7. The Labute approximate surface area is 153 Å². The second-order valence-electron chi connectivity index (χ2n) is 7.06. The largest absolute Gasteiger partial charge is 0.378 e. The number of piperidine rings is 1. The van der Waals surface area contributed by atoms with Gasteiger partial charge in [0.25, 0.3) is 5.91 Å². The molecule has 2 aromatic heterocycles. The van der Waals surface area contributed by atoms with Gasteiger partial charge in [0.15, 0.2) is 0 Å². The van der Waals surface area contributed by atoms with Crippen molar-refractivity contribution in [3.05, 3.63) is 48.0 Å². The molecule has 0 spiro atoms. The molecule has 0 N–H and O–H groups in total. The van der Waals surface area contributed by atoms with Gasteiger partial charge in [-0.15, -0.1) is 0 Å². The summed E-state index contributed by atoms with van der Waals surface area (Å²) >= 11 is 0. The Morgan fingerprint density at radius 1 is 1.15 bits per heavy atom. The van der Waals surface area contributed by atoms with Crippen LogP contribution in [0.5, 0.6) is 0 Å². The van der Waals surface area contributed by atoms with Gasteiger partial charge >= 0.3 is 0 Å². The maximum Gasteiger partial charge on any atom is 0.272 e. The van der Waals surface area contributed by atoms with Crippen LogP contribution in [0.15, 0.2) is 36.8 Å². The molecule has 2 unspecified atom stereocenters. The Morgan fingerprint density at radius 2 is 1.88 bits per heavy atom. The van der Waals surface area contributed by atoms with Crippen molar-refractivity contribution in [1.29, 1.82) is 0 Å². The number of aromatic nitrogens is 3. The summed E-state index contributed by atoms with van der Waals surface area (Å²) in [4.78, 5) is 21.2. The van der Waals surface area contributed by atoms with E-state index in [1.807, 2.05) is 24.3 Å². The minimum Gasteiger partial charge on any atom is -0.378 e. The summed E-state index contributed by atoms with van der Waals surface area (Å²) in [7, 11) is 3.59. The number of methoxy groups -OCH3 is 1. The molecule has 26 heavy (non-hydrogen) atoms. The van der Waals surface area contributed by atoms with E-state index < -0.39 is 0 Å². The molecule has 138 valence electrons. The summed E-state index contributed by atoms with van der Waals surface area (Å²) < 4.78 is 7.30. The fraction of sp³-hybridized carbons (Fsp3) is 0.526. The van der Waals surface area contributed by atoms with Crippen LogP contribution >= 0.6 is 0 Å². The van der Waals surface area contributed by atoms with Gasteiger partial charge in [0.2, 0.25) is 0 Å². The highest BCUT2D eigenvalue weighted by Crippen LogP contribution is 2.39. The van der Waals surface area contributed by atoms with Crippen LogP contribution in [0.4, 0.5) is 0 Å². The summed E-state index contributed by atoms with van der Waals surface area (Å²) in [6.45, 7) is 2.52. The molecule has 0 bridgehead atoms. The third-order valence-electron chi connectivity index (χ3n) is 5.71. The number of likely N-dealkylation sites (tertiary alicyclic amines) is 2. The zero-order valence-electron chi connectivity index (χ0n) is 15.3. The summed E-state index contributed by atoms with van der Waals surface area (Å²) in [6.07, 6.45) is 7.56. The number of carbonyl (C=O) groups excluding carboxylic acids is 1. The number of carbonyl (C=O) groups is 1. The van der Waals surface area contributed by atoms with Gasteiger partial charge in [0, 0.05) is 58.4 Å². The predicted molar refractivity (Wildman–Crippen MR) is 96.6 cm³/mol. The quantitative estimate of drug-likeness (QED) is 0.832. The van der Waals surface area contributed by atoms with Gasteiger partial charge in [0.05, 0.1) is 12.1 Å². The van der Waals surface area contributed by atoms with Gasteiger partial charge < -0.3 is 9.64 Å². The van der Waals surface area contributed by atoms with Crippen molar-refractivity contribution >= 4 is 5.91 Å². The molecule has 4 heterocycles. The molecule has 1 amide bonds. The number of hydrogen-bond acceptors (Lipinski definition) is 5. The lowest BCUT2D eigenvalue weighted by Crippen LogP contribution is -2.60. The Kier molecular flexibility index (Phi) is 4.74. The van der Waals surface area contributed by atoms with Crippen LogP contribution < -0.4 is 0 Å². The van der Waals surface area contributed by atoms with Crippen LogP contribution in [0, 0.1) is 0 Å². The van der Waals surface area contributed by atoms with E-state index in [1.54, 1.807) is 24.1 Å². The van der Waals surface area contributed by atoms with Crippen molar-refractivity contribution in [2.24, 2.45) is 7.05 Å². The van der Waals surface area contributed by atoms with Crippen LogP contribution in [0.3, 0.4) is 0 Å². The standard InChI is InChI=1S/C19H25N5O2/c1-22-16(5-10-21-22)19(25)23-11-6-15(7-12-23)24-13-17(26-2)18(24)14-3-8-20-9-4-14/h3-5,8-10,15,17-18H,6-7,11-13H2,1-2H3. The monoisotopic (exact) mass is 355 g/mol. The molecule has 2 atom stereocenters. The van der Waals surface area contributed by atoms with E-state index in [-0.39, 0.29) is 18.1 Å². The fourth-order valence-electron chi connectivity index (χ4n) is 4.19. The number of nitrogens with zero attached hydrogens (tertiary/aromatic N) is 5. The Morgan fingerprint density at radius 3 is 2.50 bits per heavy atom. The van der Waals surface area contributed by atoms with E-state index in [1.165, 1.54) is 5.56 Å². The summed E-state index contributed by atoms with van der Waals surface area (Å²) in [6, 6.07) is 6.70. The molecule has 2 aromatic rings. The molecule has 0 radical (unpaired) electrons. The highest BCUT2D eigenvalue weighted by Gasteiger charge is 2.44. The topological polar surface area (TPSA) is 63.5 Å². The van der Waals surface area contributed by atoms with Crippen LogP contribution in [-0.2, 0) is 11.8 Å².